The maximum Gasteiger partial charge on any atom is 0.135 e. The lowest BCUT2D eigenvalue weighted by molar-refractivity contribution is 0.585. The predicted molar refractivity (Wildman–Crippen MR) is 64.2 cm³/mol. The van der Waals surface area contributed by atoms with E-state index in [1.165, 1.54) is 12.1 Å². The van der Waals surface area contributed by atoms with Crippen molar-refractivity contribution in [2.45, 2.75) is 6.54 Å². The minimum Gasteiger partial charge on any atom is -0.325 e. The Morgan fingerprint density at radius 2 is 2.12 bits per heavy atom. The number of aromatic nitrogens is 2. The lowest BCUT2D eigenvalue weighted by Crippen LogP contribution is -2.04. The number of halogens is 3. The van der Waals surface area contributed by atoms with Crippen molar-refractivity contribution in [1.82, 2.24) is 9.78 Å². The highest BCUT2D eigenvalue weighted by atomic mass is 79.9. The van der Waals surface area contributed by atoms with Crippen molar-refractivity contribution < 1.29 is 8.78 Å². The Kier molecular flexibility index (Phi) is 3.26. The van der Waals surface area contributed by atoms with Gasteiger partial charge in [-0.05, 0) is 28.1 Å². The summed E-state index contributed by atoms with van der Waals surface area (Å²) in [7, 11) is 1.72. The van der Waals surface area contributed by atoms with E-state index in [-0.39, 0.29) is 12.1 Å². The van der Waals surface area contributed by atoms with Gasteiger partial charge in [-0.2, -0.15) is 5.10 Å². The van der Waals surface area contributed by atoms with Gasteiger partial charge < -0.3 is 5.73 Å². The Balaban J connectivity index is 2.61. The second-order valence-electron chi connectivity index (χ2n) is 3.56. The third-order valence-electron chi connectivity index (χ3n) is 2.48. The Labute approximate surface area is 105 Å². The first-order chi connectivity index (χ1) is 8.04. The van der Waals surface area contributed by atoms with E-state index in [0.29, 0.717) is 10.2 Å². The zero-order chi connectivity index (χ0) is 12.6. The molecule has 0 spiro atoms. The molecule has 17 heavy (non-hydrogen) atoms. The maximum absolute atomic E-state index is 13.6. The molecule has 0 aliphatic carbocycles. The highest BCUT2D eigenvalue weighted by Gasteiger charge is 2.17. The minimum atomic E-state index is -0.646. The van der Waals surface area contributed by atoms with Crippen LogP contribution >= 0.6 is 15.9 Å². The van der Waals surface area contributed by atoms with Gasteiger partial charge in [0.15, 0.2) is 0 Å². The van der Waals surface area contributed by atoms with E-state index < -0.39 is 11.6 Å². The molecule has 2 N–H and O–H groups in total. The van der Waals surface area contributed by atoms with Gasteiger partial charge in [0.25, 0.3) is 0 Å². The third kappa shape index (κ3) is 2.10. The highest BCUT2D eigenvalue weighted by Crippen LogP contribution is 2.31. The predicted octanol–water partition coefficient (Wildman–Crippen LogP) is 2.59. The maximum atomic E-state index is 13.6. The van der Waals surface area contributed by atoms with Gasteiger partial charge in [-0.3, -0.25) is 4.68 Å². The van der Waals surface area contributed by atoms with E-state index in [2.05, 4.69) is 21.0 Å². The van der Waals surface area contributed by atoms with Gasteiger partial charge in [-0.1, -0.05) is 0 Å². The topological polar surface area (TPSA) is 43.8 Å². The lowest BCUT2D eigenvalue weighted by Gasteiger charge is -2.00. The number of nitrogens with zero attached hydrogens (tertiary/aromatic N) is 2. The van der Waals surface area contributed by atoms with Crippen LogP contribution < -0.4 is 5.73 Å². The zero-order valence-electron chi connectivity index (χ0n) is 9.04. The Bertz CT molecular complexity index is 566. The monoisotopic (exact) mass is 301 g/mol. The molecule has 0 radical (unpaired) electrons. The largest absolute Gasteiger partial charge is 0.325 e. The van der Waals surface area contributed by atoms with E-state index in [1.807, 2.05) is 0 Å². The Morgan fingerprint density at radius 1 is 1.41 bits per heavy atom. The summed E-state index contributed by atoms with van der Waals surface area (Å²) in [5, 5.41) is 4.17. The van der Waals surface area contributed by atoms with Crippen LogP contribution in [0.3, 0.4) is 0 Å². The summed E-state index contributed by atoms with van der Waals surface area (Å²) >= 11 is 3.33. The van der Waals surface area contributed by atoms with Crippen LogP contribution in [0, 0.1) is 11.6 Å². The van der Waals surface area contributed by atoms with Crippen molar-refractivity contribution in [3.8, 4) is 11.3 Å². The number of nitrogens with two attached hydrogens (primary N) is 1. The van der Waals surface area contributed by atoms with Gasteiger partial charge in [-0.25, -0.2) is 8.78 Å². The molecule has 0 fully saturated rings. The summed E-state index contributed by atoms with van der Waals surface area (Å²) < 4.78 is 28.6. The average Bonchev–Trinajstić information content (AvgIpc) is 2.54. The summed E-state index contributed by atoms with van der Waals surface area (Å²) in [6, 6.07) is 3.39. The van der Waals surface area contributed by atoms with Crippen LogP contribution in [0.5, 0.6) is 0 Å². The second-order valence-corrected chi connectivity index (χ2v) is 4.35. The fourth-order valence-electron chi connectivity index (χ4n) is 1.61. The number of benzene rings is 1. The van der Waals surface area contributed by atoms with Gasteiger partial charge in [0.1, 0.15) is 17.3 Å². The van der Waals surface area contributed by atoms with Crippen molar-refractivity contribution in [2.75, 3.05) is 0 Å². The summed E-state index contributed by atoms with van der Waals surface area (Å²) in [5.41, 5.74) is 6.98. The molecule has 90 valence electrons. The third-order valence-corrected chi connectivity index (χ3v) is 3.31. The van der Waals surface area contributed by atoms with E-state index in [1.54, 1.807) is 11.7 Å². The smallest absolute Gasteiger partial charge is 0.135 e. The summed E-state index contributed by atoms with van der Waals surface area (Å²) in [5.74, 6) is -1.26. The second kappa shape index (κ2) is 4.54. The van der Waals surface area contributed by atoms with E-state index >= 15 is 0 Å². The van der Waals surface area contributed by atoms with Crippen LogP contribution in [0.1, 0.15) is 5.69 Å². The minimum absolute atomic E-state index is 0.244. The molecule has 0 bridgehead atoms. The number of hydrogen-bond acceptors (Lipinski definition) is 2. The van der Waals surface area contributed by atoms with Crippen LogP contribution in [0.4, 0.5) is 8.78 Å². The number of aryl methyl sites for hydroxylation is 1. The summed E-state index contributed by atoms with van der Waals surface area (Å²) in [4.78, 5) is 0. The first-order valence-corrected chi connectivity index (χ1v) is 5.70. The molecule has 0 amide bonds. The SMILES string of the molecule is Cn1nc(-c2ccc(F)cc2F)c(Br)c1CN. The molecule has 3 nitrogen and oxygen atoms in total. The molecule has 0 saturated carbocycles. The summed E-state index contributed by atoms with van der Waals surface area (Å²) in [6.45, 7) is 0.285. The van der Waals surface area contributed by atoms with Crippen molar-refractivity contribution in [2.24, 2.45) is 12.8 Å². The Hall–Kier alpha value is -1.27. The molecule has 6 heteroatoms. The van der Waals surface area contributed by atoms with Crippen LogP contribution in [0.15, 0.2) is 22.7 Å². The molecular formula is C11H10BrF2N3. The molecular weight excluding hydrogens is 292 g/mol. The van der Waals surface area contributed by atoms with Crippen molar-refractivity contribution >= 4 is 15.9 Å². The fourth-order valence-corrected chi connectivity index (χ4v) is 2.32. The van der Waals surface area contributed by atoms with Crippen molar-refractivity contribution in [1.29, 1.82) is 0 Å². The molecule has 0 aliphatic rings. The van der Waals surface area contributed by atoms with Crippen molar-refractivity contribution in [3.05, 3.63) is 40.0 Å². The van der Waals surface area contributed by atoms with Crippen LogP contribution in [0.2, 0.25) is 0 Å². The molecule has 0 saturated heterocycles. The molecule has 1 aromatic heterocycles. The first kappa shape index (κ1) is 12.2. The fraction of sp³-hybridized carbons (Fsp3) is 0.182. The Morgan fingerprint density at radius 3 is 2.65 bits per heavy atom. The summed E-state index contributed by atoms with van der Waals surface area (Å²) in [6.07, 6.45) is 0. The van der Waals surface area contributed by atoms with Crippen molar-refractivity contribution in [3.63, 3.8) is 0 Å². The standard InChI is InChI=1S/C11H10BrF2N3/c1-17-9(5-15)10(12)11(16-17)7-3-2-6(13)4-8(7)14/h2-4H,5,15H2,1H3. The molecule has 2 aromatic rings. The number of hydrogen-bond donors (Lipinski definition) is 1. The zero-order valence-corrected chi connectivity index (χ0v) is 10.6. The van der Waals surface area contributed by atoms with Crippen LogP contribution in [-0.4, -0.2) is 9.78 Å². The van der Waals surface area contributed by atoms with Gasteiger partial charge in [0.05, 0.1) is 10.2 Å². The molecule has 0 unspecified atom stereocenters. The molecule has 0 atom stereocenters. The number of rotatable bonds is 2. The lowest BCUT2D eigenvalue weighted by atomic mass is 10.1. The quantitative estimate of drug-likeness (QED) is 0.926. The average molecular weight is 302 g/mol. The van der Waals surface area contributed by atoms with E-state index in [4.69, 9.17) is 5.73 Å². The van der Waals surface area contributed by atoms with Crippen LogP contribution in [-0.2, 0) is 13.6 Å². The van der Waals surface area contributed by atoms with Gasteiger partial charge in [-0.15, -0.1) is 0 Å². The normalized spacial score (nSPS) is 10.9. The van der Waals surface area contributed by atoms with E-state index in [9.17, 15) is 8.78 Å². The molecule has 2 rings (SSSR count). The molecule has 0 aliphatic heterocycles. The van der Waals surface area contributed by atoms with Gasteiger partial charge in [0, 0.05) is 25.2 Å². The highest BCUT2D eigenvalue weighted by molar-refractivity contribution is 9.10. The first-order valence-electron chi connectivity index (χ1n) is 4.91. The van der Waals surface area contributed by atoms with Gasteiger partial charge in [0.2, 0.25) is 0 Å². The molecule has 1 heterocycles. The van der Waals surface area contributed by atoms with Crippen LogP contribution in [0.25, 0.3) is 11.3 Å². The van der Waals surface area contributed by atoms with E-state index in [0.717, 1.165) is 11.8 Å². The molecule has 1 aromatic carbocycles. The van der Waals surface area contributed by atoms with Gasteiger partial charge >= 0.3 is 0 Å².